The molecule has 0 unspecified atom stereocenters. The Bertz CT molecular complexity index is 2380. The summed E-state index contributed by atoms with van der Waals surface area (Å²) in [6, 6.07) is -14.7. The molecule has 0 aromatic heterocycles. The maximum atomic E-state index is 14.2. The van der Waals surface area contributed by atoms with Crippen molar-refractivity contribution in [2.75, 3.05) is 25.4 Å². The molecule has 0 aliphatic heterocycles. The van der Waals surface area contributed by atoms with E-state index in [0.717, 1.165) is 32.1 Å². The molecular formula is C57H100N14O17S. The van der Waals surface area contributed by atoms with Crippen LogP contribution < -0.4 is 76.1 Å². The SMILES string of the molecule is CC[C@H](C)[C@H](N)C(=O)N[C@@H](CCCCN)C(=O)N[C@@H](CCC(=O)O)C(=O)N[C@@H](CC(N)=O)C(=O)N[C@@H](CC(C)C)C(=O)N[C@@H](CCCCN)C(=O)N[C@@H](CC(=O)O)C(=O)N[C@@H](CS)C(=O)NCC(=O)N[C@@H](CC(C)C)C(=O)N[C@@H](CC1CCCCC1)C(=O)O. The average Bonchev–Trinajstić information content (AvgIpc) is 3.50. The van der Waals surface area contributed by atoms with Gasteiger partial charge < -0.3 is 91.4 Å². The first-order chi connectivity index (χ1) is 41.9. The van der Waals surface area contributed by atoms with Crippen molar-refractivity contribution in [1.29, 1.82) is 0 Å². The number of rotatable bonds is 45. The molecule has 0 aromatic carbocycles. The van der Waals surface area contributed by atoms with E-state index in [9.17, 15) is 82.4 Å². The second-order valence-electron chi connectivity index (χ2n) is 23.5. The Kier molecular flexibility index (Phi) is 38.3. The minimum Gasteiger partial charge on any atom is -0.481 e. The van der Waals surface area contributed by atoms with Gasteiger partial charge in [0.2, 0.25) is 65.0 Å². The highest BCUT2D eigenvalue weighted by Gasteiger charge is 2.37. The number of unbranched alkanes of at least 4 members (excludes halogenated alkanes) is 2. The van der Waals surface area contributed by atoms with Gasteiger partial charge in [-0.1, -0.05) is 80.1 Å². The maximum absolute atomic E-state index is 14.2. The standard InChI is InChI=1S/C57H100N14O17S/c1-7-32(6)47(61)56(86)66-35(18-12-14-22-59)49(79)65-36(19-20-45(74)75)51(81)68-39(26-43(60)72)54(84)67-38(24-31(4)5)53(83)64-34(17-11-13-21-58)50(80)69-40(27-46(76)77)55(85)71-42(29-89)48(78)62-28-44(73)63-37(23-30(2)3)52(82)70-41(57(87)88)25-33-15-9-8-10-16-33/h30-42,47,89H,7-29,58-59,61H2,1-6H3,(H2,60,72)(H,62,78)(H,63,73)(H,64,83)(H,65,79)(H,66,86)(H,67,84)(H,68,81)(H,69,80)(H,70,82)(H,71,85)(H,74,75)(H,76,77)(H,87,88)/t32-,34-,35-,36-,37-,38-,39-,40-,41-,42-,47-/m0/s1. The number of nitrogens with one attached hydrogen (secondary N) is 10. The summed E-state index contributed by atoms with van der Waals surface area (Å²) in [7, 11) is 0. The van der Waals surface area contributed by atoms with Gasteiger partial charge in [0.05, 0.1) is 25.4 Å². The van der Waals surface area contributed by atoms with Gasteiger partial charge in [-0.3, -0.25) is 62.3 Å². The number of aliphatic carboxylic acids is 3. The first-order valence-electron chi connectivity index (χ1n) is 30.6. The van der Waals surface area contributed by atoms with Crippen LogP contribution in [-0.4, -0.2) is 184 Å². The van der Waals surface area contributed by atoms with E-state index in [4.69, 9.17) is 22.9 Å². The summed E-state index contributed by atoms with van der Waals surface area (Å²) in [5.74, 6) is -16.1. The van der Waals surface area contributed by atoms with E-state index in [1.165, 1.54) is 0 Å². The van der Waals surface area contributed by atoms with Gasteiger partial charge in [0.15, 0.2) is 0 Å². The second-order valence-corrected chi connectivity index (χ2v) is 23.9. The number of hydrogen-bond acceptors (Lipinski definition) is 18. The lowest BCUT2D eigenvalue weighted by atomic mass is 9.84. The molecule has 1 saturated carbocycles. The maximum Gasteiger partial charge on any atom is 0.326 e. The number of primary amides is 1. The van der Waals surface area contributed by atoms with Crippen LogP contribution in [-0.2, 0) is 67.1 Å². The molecule has 0 saturated heterocycles. The predicted octanol–water partition coefficient (Wildman–Crippen LogP) is -2.61. The Hall–Kier alpha value is -7.19. The molecule has 1 aliphatic carbocycles. The van der Waals surface area contributed by atoms with Crippen LogP contribution in [0.25, 0.3) is 0 Å². The Balaban J connectivity index is 3.39. The van der Waals surface area contributed by atoms with Crippen molar-refractivity contribution in [1.82, 2.24) is 53.2 Å². The minimum atomic E-state index is -1.91. The van der Waals surface area contributed by atoms with Crippen molar-refractivity contribution in [2.45, 2.75) is 224 Å². The molecule has 11 atom stereocenters. The molecule has 0 radical (unpaired) electrons. The fourth-order valence-corrected chi connectivity index (χ4v) is 9.91. The van der Waals surface area contributed by atoms with Crippen molar-refractivity contribution < 1.29 is 82.4 Å². The first-order valence-corrected chi connectivity index (χ1v) is 31.2. The Morgan fingerprint density at radius 3 is 1.31 bits per heavy atom. The number of thiol groups is 1. The summed E-state index contributed by atoms with van der Waals surface area (Å²) in [5.41, 5.74) is 23.0. The summed E-state index contributed by atoms with van der Waals surface area (Å²) in [5, 5.41) is 53.5. The van der Waals surface area contributed by atoms with E-state index in [1.807, 2.05) is 6.92 Å². The van der Waals surface area contributed by atoms with E-state index in [-0.39, 0.29) is 75.3 Å². The molecule has 1 rings (SSSR count). The summed E-state index contributed by atoms with van der Waals surface area (Å²) in [6.07, 6.45) is 3.43. The lowest BCUT2D eigenvalue weighted by Gasteiger charge is -2.28. The van der Waals surface area contributed by atoms with E-state index in [2.05, 4.69) is 65.8 Å². The molecule has 31 nitrogen and oxygen atoms in total. The number of carbonyl (C=O) groups is 14. The van der Waals surface area contributed by atoms with Crippen LogP contribution in [0.3, 0.4) is 0 Å². The fraction of sp³-hybridized carbons (Fsp3) is 0.754. The van der Waals surface area contributed by atoms with Gasteiger partial charge in [0, 0.05) is 12.2 Å². The highest BCUT2D eigenvalue weighted by atomic mass is 32.1. The molecule has 0 bridgehead atoms. The number of nitrogens with two attached hydrogens (primary N) is 4. The van der Waals surface area contributed by atoms with Crippen LogP contribution in [0.2, 0.25) is 0 Å². The zero-order valence-electron chi connectivity index (χ0n) is 52.2. The van der Waals surface area contributed by atoms with E-state index < -0.39 is 181 Å². The van der Waals surface area contributed by atoms with Gasteiger partial charge in [-0.15, -0.1) is 0 Å². The van der Waals surface area contributed by atoms with Crippen LogP contribution in [0, 0.1) is 23.7 Å². The fourth-order valence-electron chi connectivity index (χ4n) is 9.65. The Morgan fingerprint density at radius 2 is 0.888 bits per heavy atom. The number of hydrogen-bond donors (Lipinski definition) is 18. The molecule has 1 aliphatic rings. The van der Waals surface area contributed by atoms with Gasteiger partial charge in [0.1, 0.15) is 54.4 Å². The number of carboxylic acid groups (broad SMARTS) is 3. The molecule has 506 valence electrons. The molecule has 0 spiro atoms. The van der Waals surface area contributed by atoms with Gasteiger partial charge >= 0.3 is 17.9 Å². The van der Waals surface area contributed by atoms with E-state index in [0.29, 0.717) is 25.7 Å². The molecular weight excluding hydrogens is 1180 g/mol. The smallest absolute Gasteiger partial charge is 0.326 e. The normalized spacial score (nSPS) is 16.1. The third kappa shape index (κ3) is 32.2. The molecule has 1 fully saturated rings. The van der Waals surface area contributed by atoms with Gasteiger partial charge in [-0.05, 0) is 101 Å². The van der Waals surface area contributed by atoms with Crippen molar-refractivity contribution in [3.05, 3.63) is 0 Å². The number of carbonyl (C=O) groups excluding carboxylic acids is 11. The first kappa shape index (κ1) is 79.8. The van der Waals surface area contributed by atoms with Crippen LogP contribution in [0.1, 0.15) is 164 Å². The lowest BCUT2D eigenvalue weighted by Crippen LogP contribution is -2.61. The summed E-state index contributed by atoms with van der Waals surface area (Å²) in [4.78, 5) is 185. The molecule has 89 heavy (non-hydrogen) atoms. The third-order valence-electron chi connectivity index (χ3n) is 14.9. The number of amides is 11. The average molecular weight is 1290 g/mol. The third-order valence-corrected chi connectivity index (χ3v) is 15.3. The highest BCUT2D eigenvalue weighted by Crippen LogP contribution is 2.27. The Labute approximate surface area is 525 Å². The Morgan fingerprint density at radius 1 is 0.483 bits per heavy atom. The molecule has 0 aromatic rings. The van der Waals surface area contributed by atoms with Crippen LogP contribution >= 0.6 is 12.6 Å². The summed E-state index contributed by atoms with van der Waals surface area (Å²) < 4.78 is 0. The molecule has 0 heterocycles. The second kappa shape index (κ2) is 42.7. The van der Waals surface area contributed by atoms with Gasteiger partial charge in [-0.2, -0.15) is 12.6 Å². The van der Waals surface area contributed by atoms with Crippen LogP contribution in [0.4, 0.5) is 0 Å². The van der Waals surface area contributed by atoms with E-state index in [1.54, 1.807) is 34.6 Å². The minimum absolute atomic E-state index is 0.0452. The zero-order chi connectivity index (χ0) is 67.5. The van der Waals surface area contributed by atoms with Crippen molar-refractivity contribution in [2.24, 2.45) is 46.6 Å². The van der Waals surface area contributed by atoms with Crippen LogP contribution in [0.15, 0.2) is 0 Å². The van der Waals surface area contributed by atoms with Crippen LogP contribution in [0.5, 0.6) is 0 Å². The van der Waals surface area contributed by atoms with Crippen molar-refractivity contribution in [3.63, 3.8) is 0 Å². The monoisotopic (exact) mass is 1280 g/mol. The van der Waals surface area contributed by atoms with Crippen molar-refractivity contribution in [3.8, 4) is 0 Å². The zero-order valence-corrected chi connectivity index (χ0v) is 53.1. The topological polar surface area (TPSA) is 524 Å². The lowest BCUT2D eigenvalue weighted by molar-refractivity contribution is -0.143. The number of carboxylic acids is 3. The van der Waals surface area contributed by atoms with E-state index >= 15 is 0 Å². The van der Waals surface area contributed by atoms with Gasteiger partial charge in [-0.25, -0.2) is 4.79 Å². The van der Waals surface area contributed by atoms with Crippen molar-refractivity contribution >= 4 is 95.5 Å². The molecule has 32 heteroatoms. The molecule has 11 amide bonds. The summed E-state index contributed by atoms with van der Waals surface area (Å²) in [6.45, 7) is 10.1. The predicted molar refractivity (Wildman–Crippen MR) is 328 cm³/mol. The molecule has 21 N–H and O–H groups in total. The summed E-state index contributed by atoms with van der Waals surface area (Å²) >= 11 is 4.14. The largest absolute Gasteiger partial charge is 0.481 e. The highest BCUT2D eigenvalue weighted by molar-refractivity contribution is 7.80. The van der Waals surface area contributed by atoms with Gasteiger partial charge in [0.25, 0.3) is 0 Å². The quantitative estimate of drug-likeness (QED) is 0.0219.